The van der Waals surface area contributed by atoms with Gasteiger partial charge in [-0.2, -0.15) is 0 Å². The third kappa shape index (κ3) is 4.28. The van der Waals surface area contributed by atoms with Gasteiger partial charge in [0.25, 0.3) is 0 Å². The molecule has 1 aromatic rings. The molecule has 6 heteroatoms. The molecule has 0 aliphatic heterocycles. The average Bonchev–Trinajstić information content (AvgIpc) is 2.15. The molecule has 15 heavy (non-hydrogen) atoms. The molecule has 0 saturated heterocycles. The van der Waals surface area contributed by atoms with Crippen LogP contribution in [0.2, 0.25) is 0 Å². The molecule has 0 unspecified atom stereocenters. The minimum atomic E-state index is -0.284. The van der Waals surface area contributed by atoms with Gasteiger partial charge in [0.2, 0.25) is 5.91 Å². The molecule has 0 aromatic heterocycles. The van der Waals surface area contributed by atoms with Crippen molar-refractivity contribution < 1.29 is 9.90 Å². The number of aromatic hydroxyl groups is 1. The smallest absolute Gasteiger partial charge is 0.242 e. The van der Waals surface area contributed by atoms with Crippen LogP contribution in [0.15, 0.2) is 24.3 Å². The third-order valence-electron chi connectivity index (χ3n) is 1.60. The molecule has 0 radical (unpaired) electrons. The van der Waals surface area contributed by atoms with Gasteiger partial charge in [0.1, 0.15) is 5.75 Å². The molecule has 0 heterocycles. The van der Waals surface area contributed by atoms with E-state index in [0.717, 1.165) is 0 Å². The molecule has 0 fully saturated rings. The predicted octanol–water partition coefficient (Wildman–Crippen LogP) is -0.201. The maximum atomic E-state index is 11.3. The summed E-state index contributed by atoms with van der Waals surface area (Å²) in [6.07, 6.45) is 0.143. The van der Waals surface area contributed by atoms with Crippen LogP contribution in [0.5, 0.6) is 5.75 Å². The van der Waals surface area contributed by atoms with Crippen molar-refractivity contribution in [3.63, 3.8) is 0 Å². The quantitative estimate of drug-likeness (QED) is 0.413. The Balaban J connectivity index is 2.48. The second kappa shape index (κ2) is 5.16. The summed E-state index contributed by atoms with van der Waals surface area (Å²) < 4.78 is 0. The number of hydrogen-bond acceptors (Lipinski definition) is 3. The van der Waals surface area contributed by atoms with E-state index < -0.39 is 0 Å². The summed E-state index contributed by atoms with van der Waals surface area (Å²) in [4.78, 5) is 11.3. The van der Waals surface area contributed by atoms with Crippen molar-refractivity contribution in [3.05, 3.63) is 29.8 Å². The van der Waals surface area contributed by atoms with Crippen LogP contribution < -0.4 is 16.6 Å². The molecular formula is C9H11N3O2S. The highest BCUT2D eigenvalue weighted by Gasteiger charge is 2.03. The van der Waals surface area contributed by atoms with Gasteiger partial charge in [-0.25, -0.2) is 0 Å². The predicted molar refractivity (Wildman–Crippen MR) is 59.9 cm³/mol. The van der Waals surface area contributed by atoms with Gasteiger partial charge in [0, 0.05) is 0 Å². The van der Waals surface area contributed by atoms with E-state index in [-0.39, 0.29) is 23.2 Å². The zero-order chi connectivity index (χ0) is 11.3. The number of benzene rings is 1. The van der Waals surface area contributed by atoms with E-state index in [0.29, 0.717) is 5.56 Å². The van der Waals surface area contributed by atoms with Crippen LogP contribution in [-0.2, 0) is 11.2 Å². The molecule has 80 valence electrons. The summed E-state index contributed by atoms with van der Waals surface area (Å²) in [5, 5.41) is 9.16. The molecule has 5 nitrogen and oxygen atoms in total. The number of phenolic OH excluding ortho intramolecular Hbond substituents is 1. The highest BCUT2D eigenvalue weighted by Crippen LogP contribution is 2.10. The Morgan fingerprint density at radius 3 is 2.80 bits per heavy atom. The van der Waals surface area contributed by atoms with Crippen LogP contribution in [0.25, 0.3) is 0 Å². The molecule has 0 saturated carbocycles. The third-order valence-corrected chi connectivity index (χ3v) is 1.70. The summed E-state index contributed by atoms with van der Waals surface area (Å²) in [7, 11) is 0. The van der Waals surface area contributed by atoms with Gasteiger partial charge in [-0.15, -0.1) is 0 Å². The standard InChI is InChI=1S/C9H11N3O2S/c10-9(15)12-11-8(14)5-6-2-1-3-7(13)4-6/h1-4,13H,5H2,(H,11,14)(H3,10,12,15). The monoisotopic (exact) mass is 225 g/mol. The Kier molecular flexibility index (Phi) is 3.87. The number of nitrogens with two attached hydrogens (primary N) is 1. The molecule has 0 atom stereocenters. The first-order valence-electron chi connectivity index (χ1n) is 4.20. The van der Waals surface area contributed by atoms with E-state index in [4.69, 9.17) is 10.8 Å². The molecular weight excluding hydrogens is 214 g/mol. The van der Waals surface area contributed by atoms with Crippen molar-refractivity contribution in [2.75, 3.05) is 0 Å². The number of amides is 1. The van der Waals surface area contributed by atoms with Gasteiger partial charge >= 0.3 is 0 Å². The molecule has 0 aliphatic carbocycles. The second-order valence-electron chi connectivity index (χ2n) is 2.88. The molecule has 1 aromatic carbocycles. The number of carbonyl (C=O) groups excluding carboxylic acids is 1. The van der Waals surface area contributed by atoms with Crippen LogP contribution >= 0.6 is 12.2 Å². The maximum absolute atomic E-state index is 11.3. The highest BCUT2D eigenvalue weighted by molar-refractivity contribution is 7.80. The SMILES string of the molecule is NC(=S)NNC(=O)Cc1cccc(O)c1. The van der Waals surface area contributed by atoms with E-state index in [9.17, 15) is 4.79 Å². The van der Waals surface area contributed by atoms with E-state index in [1.54, 1.807) is 12.1 Å². The van der Waals surface area contributed by atoms with Crippen LogP contribution in [0.1, 0.15) is 5.56 Å². The van der Waals surface area contributed by atoms with Crippen LogP contribution in [0, 0.1) is 0 Å². The first-order chi connectivity index (χ1) is 7.08. The maximum Gasteiger partial charge on any atom is 0.242 e. The Labute approximate surface area is 92.3 Å². The van der Waals surface area contributed by atoms with E-state index in [1.165, 1.54) is 12.1 Å². The molecule has 5 N–H and O–H groups in total. The van der Waals surface area contributed by atoms with Crippen molar-refractivity contribution in [1.29, 1.82) is 0 Å². The van der Waals surface area contributed by atoms with Crippen molar-refractivity contribution in [2.45, 2.75) is 6.42 Å². The first kappa shape index (κ1) is 11.3. The van der Waals surface area contributed by atoms with Crippen molar-refractivity contribution in [2.24, 2.45) is 5.73 Å². The fourth-order valence-electron chi connectivity index (χ4n) is 1.03. The topological polar surface area (TPSA) is 87.4 Å². The van der Waals surface area contributed by atoms with Crippen LogP contribution in [0.4, 0.5) is 0 Å². The molecule has 0 bridgehead atoms. The fourth-order valence-corrected chi connectivity index (χ4v) is 1.08. The number of phenols is 1. The van der Waals surface area contributed by atoms with Gasteiger partial charge < -0.3 is 10.8 Å². The number of nitrogens with one attached hydrogen (secondary N) is 2. The fraction of sp³-hybridized carbons (Fsp3) is 0.111. The van der Waals surface area contributed by atoms with E-state index in [2.05, 4.69) is 23.1 Å². The largest absolute Gasteiger partial charge is 0.508 e. The zero-order valence-electron chi connectivity index (χ0n) is 7.86. The van der Waals surface area contributed by atoms with Crippen molar-refractivity contribution in [3.8, 4) is 5.75 Å². The van der Waals surface area contributed by atoms with Crippen LogP contribution in [0.3, 0.4) is 0 Å². The minimum Gasteiger partial charge on any atom is -0.508 e. The summed E-state index contributed by atoms with van der Waals surface area (Å²) in [6, 6.07) is 6.45. The molecule has 1 amide bonds. The highest BCUT2D eigenvalue weighted by atomic mass is 32.1. The Hall–Kier alpha value is -1.82. The summed E-state index contributed by atoms with van der Waals surface area (Å²) in [6.45, 7) is 0. The number of carbonyl (C=O) groups is 1. The molecule has 0 spiro atoms. The van der Waals surface area contributed by atoms with E-state index in [1.807, 2.05) is 0 Å². The zero-order valence-corrected chi connectivity index (χ0v) is 8.67. The molecule has 0 aliphatic rings. The first-order valence-corrected chi connectivity index (χ1v) is 4.61. The Morgan fingerprint density at radius 1 is 1.47 bits per heavy atom. The van der Waals surface area contributed by atoms with Gasteiger partial charge in [-0.05, 0) is 29.9 Å². The summed E-state index contributed by atoms with van der Waals surface area (Å²) in [5.41, 5.74) is 10.5. The average molecular weight is 225 g/mol. The summed E-state index contributed by atoms with van der Waals surface area (Å²) >= 11 is 4.51. The number of rotatable bonds is 2. The van der Waals surface area contributed by atoms with Crippen LogP contribution in [-0.4, -0.2) is 16.1 Å². The van der Waals surface area contributed by atoms with Crippen molar-refractivity contribution in [1.82, 2.24) is 10.9 Å². The lowest BCUT2D eigenvalue weighted by molar-refractivity contribution is -0.121. The van der Waals surface area contributed by atoms with Gasteiger partial charge in [-0.3, -0.25) is 15.6 Å². The Bertz CT molecular complexity index is 381. The molecule has 1 rings (SSSR count). The van der Waals surface area contributed by atoms with Gasteiger partial charge in [-0.1, -0.05) is 12.1 Å². The van der Waals surface area contributed by atoms with E-state index >= 15 is 0 Å². The van der Waals surface area contributed by atoms with Gasteiger partial charge in [0.05, 0.1) is 6.42 Å². The number of hydrazine groups is 1. The minimum absolute atomic E-state index is 0.000686. The second-order valence-corrected chi connectivity index (χ2v) is 3.32. The lowest BCUT2D eigenvalue weighted by atomic mass is 10.1. The number of thiocarbonyl (C=S) groups is 1. The summed E-state index contributed by atoms with van der Waals surface area (Å²) in [5.74, 6) is -0.156. The van der Waals surface area contributed by atoms with Gasteiger partial charge in [0.15, 0.2) is 5.11 Å². The van der Waals surface area contributed by atoms with Crippen molar-refractivity contribution >= 4 is 23.2 Å². The number of hydrogen-bond donors (Lipinski definition) is 4. The normalized spacial score (nSPS) is 9.33. The lowest BCUT2D eigenvalue weighted by Crippen LogP contribution is -2.44. The Morgan fingerprint density at radius 2 is 2.20 bits per heavy atom. The lowest BCUT2D eigenvalue weighted by Gasteiger charge is -2.06.